The van der Waals surface area contributed by atoms with Gasteiger partial charge in [0.2, 0.25) is 5.91 Å². The average molecular weight is 202 g/mol. The number of amides is 1. The molecule has 0 aliphatic rings. The minimum Gasteiger partial charge on any atom is -0.326 e. The van der Waals surface area contributed by atoms with Gasteiger partial charge in [0.05, 0.1) is 11.6 Å². The van der Waals surface area contributed by atoms with Crippen molar-refractivity contribution in [3.05, 3.63) is 28.8 Å². The third-order valence-electron chi connectivity index (χ3n) is 2.25. The number of carbonyl (C=O) groups is 1. The highest BCUT2D eigenvalue weighted by Gasteiger charge is 2.07. The van der Waals surface area contributed by atoms with Crippen LogP contribution in [0.3, 0.4) is 0 Å². The summed E-state index contributed by atoms with van der Waals surface area (Å²) < 4.78 is 0. The fourth-order valence-corrected chi connectivity index (χ4v) is 1.45. The van der Waals surface area contributed by atoms with E-state index in [2.05, 4.69) is 11.4 Å². The van der Waals surface area contributed by atoms with Crippen LogP contribution in [0, 0.1) is 25.2 Å². The first-order valence-electron chi connectivity index (χ1n) is 4.89. The van der Waals surface area contributed by atoms with Crippen molar-refractivity contribution in [3.8, 4) is 6.07 Å². The summed E-state index contributed by atoms with van der Waals surface area (Å²) in [4.78, 5) is 11.3. The number of benzene rings is 1. The molecule has 0 aromatic heterocycles. The Labute approximate surface area is 89.7 Å². The first kappa shape index (κ1) is 11.3. The molecule has 0 aliphatic carbocycles. The van der Waals surface area contributed by atoms with Gasteiger partial charge in [-0.1, -0.05) is 6.92 Å². The molecule has 1 amide bonds. The third kappa shape index (κ3) is 2.57. The van der Waals surface area contributed by atoms with Crippen LogP contribution < -0.4 is 5.32 Å². The highest BCUT2D eigenvalue weighted by atomic mass is 16.1. The molecule has 3 nitrogen and oxygen atoms in total. The van der Waals surface area contributed by atoms with E-state index in [9.17, 15) is 4.79 Å². The monoisotopic (exact) mass is 202 g/mol. The van der Waals surface area contributed by atoms with Crippen molar-refractivity contribution >= 4 is 11.6 Å². The Morgan fingerprint density at radius 3 is 2.33 bits per heavy atom. The molecule has 0 fully saturated rings. The van der Waals surface area contributed by atoms with Gasteiger partial charge in [0.25, 0.3) is 0 Å². The highest BCUT2D eigenvalue weighted by molar-refractivity contribution is 5.92. The summed E-state index contributed by atoms with van der Waals surface area (Å²) in [5.74, 6) is -0.00842. The molecule has 0 radical (unpaired) electrons. The Morgan fingerprint density at radius 1 is 1.40 bits per heavy atom. The van der Waals surface area contributed by atoms with E-state index >= 15 is 0 Å². The molecular formula is C12H14N2O. The van der Waals surface area contributed by atoms with Crippen LogP contribution in [-0.2, 0) is 4.79 Å². The molecule has 0 saturated carbocycles. The predicted molar refractivity (Wildman–Crippen MR) is 59.6 cm³/mol. The minimum absolute atomic E-state index is 0.00842. The minimum atomic E-state index is -0.00842. The van der Waals surface area contributed by atoms with Gasteiger partial charge in [0.15, 0.2) is 0 Å². The molecule has 1 rings (SSSR count). The lowest BCUT2D eigenvalue weighted by molar-refractivity contribution is -0.115. The Bertz CT molecular complexity index is 407. The van der Waals surface area contributed by atoms with Gasteiger partial charge in [0, 0.05) is 12.1 Å². The fraction of sp³-hybridized carbons (Fsp3) is 0.333. The van der Waals surface area contributed by atoms with Crippen molar-refractivity contribution in [2.24, 2.45) is 0 Å². The lowest BCUT2D eigenvalue weighted by Gasteiger charge is -2.11. The van der Waals surface area contributed by atoms with E-state index in [1.807, 2.05) is 20.8 Å². The SMILES string of the molecule is CCC(=O)Nc1c(C)cc(C#N)cc1C. The van der Waals surface area contributed by atoms with Gasteiger partial charge in [-0.2, -0.15) is 5.26 Å². The molecule has 0 saturated heterocycles. The molecular weight excluding hydrogens is 188 g/mol. The summed E-state index contributed by atoms with van der Waals surface area (Å²) in [6.07, 6.45) is 0.457. The molecule has 0 unspecified atom stereocenters. The molecule has 0 aliphatic heterocycles. The zero-order valence-electron chi connectivity index (χ0n) is 9.22. The number of hydrogen-bond acceptors (Lipinski definition) is 2. The van der Waals surface area contributed by atoms with E-state index in [-0.39, 0.29) is 5.91 Å². The van der Waals surface area contributed by atoms with Crippen LogP contribution in [0.2, 0.25) is 0 Å². The normalized spacial score (nSPS) is 9.47. The first-order chi connectivity index (χ1) is 7.08. The van der Waals surface area contributed by atoms with Crippen molar-refractivity contribution in [3.63, 3.8) is 0 Å². The Hall–Kier alpha value is -1.82. The topological polar surface area (TPSA) is 52.9 Å². The third-order valence-corrected chi connectivity index (χ3v) is 2.25. The number of anilines is 1. The summed E-state index contributed by atoms with van der Waals surface area (Å²) in [5, 5.41) is 11.6. The van der Waals surface area contributed by atoms with Crippen LogP contribution in [0.5, 0.6) is 0 Å². The second-order valence-electron chi connectivity index (χ2n) is 3.50. The number of carbonyl (C=O) groups excluding carboxylic acids is 1. The molecule has 0 heterocycles. The van der Waals surface area contributed by atoms with Crippen LogP contribution in [0.25, 0.3) is 0 Å². The summed E-state index contributed by atoms with van der Waals surface area (Å²) in [7, 11) is 0. The van der Waals surface area contributed by atoms with E-state index < -0.39 is 0 Å². The van der Waals surface area contributed by atoms with E-state index in [4.69, 9.17) is 5.26 Å². The van der Waals surface area contributed by atoms with Crippen LogP contribution in [0.15, 0.2) is 12.1 Å². The Kier molecular flexibility index (Phi) is 3.46. The van der Waals surface area contributed by atoms with Gasteiger partial charge >= 0.3 is 0 Å². The van der Waals surface area contributed by atoms with Crippen molar-refractivity contribution < 1.29 is 4.79 Å². The number of rotatable bonds is 2. The maximum atomic E-state index is 11.3. The molecule has 0 spiro atoms. The van der Waals surface area contributed by atoms with E-state index in [1.54, 1.807) is 12.1 Å². The van der Waals surface area contributed by atoms with E-state index in [0.29, 0.717) is 12.0 Å². The fourth-order valence-electron chi connectivity index (χ4n) is 1.45. The standard InChI is InChI=1S/C12H14N2O/c1-4-11(15)14-12-8(2)5-10(7-13)6-9(12)3/h5-6H,4H2,1-3H3,(H,14,15). The van der Waals surface area contributed by atoms with Gasteiger partial charge in [-0.15, -0.1) is 0 Å². The molecule has 3 heteroatoms. The molecule has 0 atom stereocenters. The number of nitrogens with one attached hydrogen (secondary N) is 1. The zero-order valence-corrected chi connectivity index (χ0v) is 9.22. The molecule has 15 heavy (non-hydrogen) atoms. The van der Waals surface area contributed by atoms with Crippen molar-refractivity contribution in [2.45, 2.75) is 27.2 Å². The van der Waals surface area contributed by atoms with Gasteiger partial charge in [-0.3, -0.25) is 4.79 Å². The molecule has 1 aromatic rings. The van der Waals surface area contributed by atoms with Gasteiger partial charge in [0.1, 0.15) is 0 Å². The molecule has 1 N–H and O–H groups in total. The molecule has 1 aromatic carbocycles. The lowest BCUT2D eigenvalue weighted by Crippen LogP contribution is -2.11. The van der Waals surface area contributed by atoms with Gasteiger partial charge < -0.3 is 5.32 Å². The van der Waals surface area contributed by atoms with Crippen molar-refractivity contribution in [2.75, 3.05) is 5.32 Å². The van der Waals surface area contributed by atoms with E-state index in [1.165, 1.54) is 0 Å². The largest absolute Gasteiger partial charge is 0.326 e. The zero-order chi connectivity index (χ0) is 11.4. The van der Waals surface area contributed by atoms with E-state index in [0.717, 1.165) is 16.8 Å². The molecule has 0 bridgehead atoms. The van der Waals surface area contributed by atoms with Crippen molar-refractivity contribution in [1.82, 2.24) is 0 Å². The number of nitriles is 1. The summed E-state index contributed by atoms with van der Waals surface area (Å²) in [5.41, 5.74) is 3.29. The van der Waals surface area contributed by atoms with Crippen LogP contribution >= 0.6 is 0 Å². The second-order valence-corrected chi connectivity index (χ2v) is 3.50. The smallest absolute Gasteiger partial charge is 0.224 e. The summed E-state index contributed by atoms with van der Waals surface area (Å²) >= 11 is 0. The van der Waals surface area contributed by atoms with Crippen molar-refractivity contribution in [1.29, 1.82) is 5.26 Å². The number of hydrogen-bond donors (Lipinski definition) is 1. The maximum absolute atomic E-state index is 11.3. The lowest BCUT2D eigenvalue weighted by atomic mass is 10.0. The van der Waals surface area contributed by atoms with Crippen LogP contribution in [0.1, 0.15) is 30.0 Å². The van der Waals surface area contributed by atoms with Crippen LogP contribution in [0.4, 0.5) is 5.69 Å². The Balaban J connectivity index is 3.10. The number of aryl methyl sites for hydroxylation is 2. The quantitative estimate of drug-likeness (QED) is 0.801. The Morgan fingerprint density at radius 2 is 1.93 bits per heavy atom. The predicted octanol–water partition coefficient (Wildman–Crippen LogP) is 2.52. The molecule has 78 valence electrons. The summed E-state index contributed by atoms with van der Waals surface area (Å²) in [6, 6.07) is 5.64. The number of nitrogens with zero attached hydrogens (tertiary/aromatic N) is 1. The second kappa shape index (κ2) is 4.61. The van der Waals surface area contributed by atoms with Gasteiger partial charge in [-0.25, -0.2) is 0 Å². The average Bonchev–Trinajstić information content (AvgIpc) is 2.22. The maximum Gasteiger partial charge on any atom is 0.224 e. The first-order valence-corrected chi connectivity index (χ1v) is 4.89. The van der Waals surface area contributed by atoms with Gasteiger partial charge in [-0.05, 0) is 37.1 Å². The van der Waals surface area contributed by atoms with Crippen LogP contribution in [-0.4, -0.2) is 5.91 Å². The summed E-state index contributed by atoms with van der Waals surface area (Å²) in [6.45, 7) is 5.59. The highest BCUT2D eigenvalue weighted by Crippen LogP contribution is 2.21.